The van der Waals surface area contributed by atoms with E-state index in [1.807, 2.05) is 6.92 Å². The second-order valence-corrected chi connectivity index (χ2v) is 4.94. The van der Waals surface area contributed by atoms with E-state index in [1.54, 1.807) is 24.1 Å². The molecular weight excluding hydrogens is 272 g/mol. The molecule has 6 heteroatoms. The van der Waals surface area contributed by atoms with E-state index in [1.165, 1.54) is 7.11 Å². The van der Waals surface area contributed by atoms with Gasteiger partial charge in [-0.05, 0) is 12.5 Å². The van der Waals surface area contributed by atoms with Gasteiger partial charge in [0.05, 0.1) is 38.2 Å². The third-order valence-corrected chi connectivity index (χ3v) is 3.68. The minimum absolute atomic E-state index is 0.0800. The summed E-state index contributed by atoms with van der Waals surface area (Å²) in [6.07, 6.45) is 0.956. The van der Waals surface area contributed by atoms with Crippen LogP contribution in [0.2, 0.25) is 0 Å². The number of carbonyl (C=O) groups excluding carboxylic acids is 1. The van der Waals surface area contributed by atoms with E-state index in [9.17, 15) is 4.79 Å². The predicted molar refractivity (Wildman–Crippen MR) is 79.9 cm³/mol. The maximum absolute atomic E-state index is 12.7. The van der Waals surface area contributed by atoms with E-state index in [2.05, 4.69) is 0 Å². The number of hydrogen-bond acceptors (Lipinski definition) is 5. The summed E-state index contributed by atoms with van der Waals surface area (Å²) in [6.45, 7) is 3.73. The number of carbonyl (C=O) groups is 1. The van der Waals surface area contributed by atoms with Gasteiger partial charge in [0.15, 0.2) is 0 Å². The summed E-state index contributed by atoms with van der Waals surface area (Å²) in [5.41, 5.74) is 6.77. The lowest BCUT2D eigenvalue weighted by atomic mass is 10.1. The van der Waals surface area contributed by atoms with Gasteiger partial charge in [0.1, 0.15) is 11.5 Å². The Bertz CT molecular complexity index is 519. The molecule has 1 aromatic rings. The first-order valence-electron chi connectivity index (χ1n) is 7.03. The van der Waals surface area contributed by atoms with Gasteiger partial charge in [0.25, 0.3) is 5.91 Å². The average molecular weight is 294 g/mol. The molecule has 1 aliphatic rings. The highest BCUT2D eigenvalue weighted by atomic mass is 16.5. The lowest BCUT2D eigenvalue weighted by molar-refractivity contribution is -0.0226. The summed E-state index contributed by atoms with van der Waals surface area (Å²) in [6, 6.07) is 3.32. The van der Waals surface area contributed by atoms with E-state index in [-0.39, 0.29) is 12.0 Å². The van der Waals surface area contributed by atoms with Crippen LogP contribution >= 0.6 is 0 Å². The van der Waals surface area contributed by atoms with E-state index >= 15 is 0 Å². The molecular formula is C15H22N2O4. The Morgan fingerprint density at radius 3 is 2.81 bits per heavy atom. The number of amides is 1. The van der Waals surface area contributed by atoms with E-state index in [0.29, 0.717) is 42.4 Å². The minimum Gasteiger partial charge on any atom is -0.497 e. The number of nitrogens with zero attached hydrogens (tertiary/aromatic N) is 1. The lowest BCUT2D eigenvalue weighted by Crippen LogP contribution is -2.45. The topological polar surface area (TPSA) is 74.0 Å². The van der Waals surface area contributed by atoms with Crippen molar-refractivity contribution < 1.29 is 19.0 Å². The van der Waals surface area contributed by atoms with Crippen LogP contribution in [-0.2, 0) is 4.74 Å². The molecule has 0 radical (unpaired) electrons. The summed E-state index contributed by atoms with van der Waals surface area (Å²) >= 11 is 0. The number of nitrogen functional groups attached to an aromatic ring is 1. The van der Waals surface area contributed by atoms with Crippen LogP contribution in [0.5, 0.6) is 11.5 Å². The summed E-state index contributed by atoms with van der Waals surface area (Å²) in [7, 11) is 3.06. The van der Waals surface area contributed by atoms with Gasteiger partial charge in [-0.25, -0.2) is 0 Å². The highest BCUT2D eigenvalue weighted by Crippen LogP contribution is 2.32. The van der Waals surface area contributed by atoms with E-state index in [4.69, 9.17) is 19.9 Å². The molecule has 0 spiro atoms. The molecule has 0 bridgehead atoms. The monoisotopic (exact) mass is 294 g/mol. The van der Waals surface area contributed by atoms with Crippen molar-refractivity contribution in [3.63, 3.8) is 0 Å². The van der Waals surface area contributed by atoms with E-state index < -0.39 is 0 Å². The molecule has 0 aliphatic carbocycles. The van der Waals surface area contributed by atoms with Crippen LogP contribution in [0.4, 0.5) is 5.69 Å². The van der Waals surface area contributed by atoms with Gasteiger partial charge in [0, 0.05) is 19.2 Å². The Hall–Kier alpha value is -1.95. The SMILES string of the molecule is CCC1CN(C(=O)c2cc(OC)cc(OC)c2N)CCO1. The van der Waals surface area contributed by atoms with Gasteiger partial charge in [-0.15, -0.1) is 0 Å². The van der Waals surface area contributed by atoms with Crippen molar-refractivity contribution in [2.75, 3.05) is 39.6 Å². The van der Waals surface area contributed by atoms with Gasteiger partial charge in [-0.1, -0.05) is 6.92 Å². The Morgan fingerprint density at radius 1 is 1.43 bits per heavy atom. The fourth-order valence-corrected chi connectivity index (χ4v) is 2.39. The molecule has 1 atom stereocenters. The highest BCUT2D eigenvalue weighted by molar-refractivity contribution is 6.01. The van der Waals surface area contributed by atoms with Gasteiger partial charge in [-0.3, -0.25) is 4.79 Å². The number of benzene rings is 1. The van der Waals surface area contributed by atoms with Crippen LogP contribution in [0.25, 0.3) is 0 Å². The maximum atomic E-state index is 12.7. The fraction of sp³-hybridized carbons (Fsp3) is 0.533. The number of methoxy groups -OCH3 is 2. The highest BCUT2D eigenvalue weighted by Gasteiger charge is 2.26. The van der Waals surface area contributed by atoms with Crippen molar-refractivity contribution in [1.29, 1.82) is 0 Å². The first-order valence-corrected chi connectivity index (χ1v) is 7.03. The van der Waals surface area contributed by atoms with Crippen LogP contribution in [0, 0.1) is 0 Å². The Kier molecular flexibility index (Phi) is 4.90. The molecule has 116 valence electrons. The first kappa shape index (κ1) is 15.4. The number of hydrogen-bond donors (Lipinski definition) is 1. The third-order valence-electron chi connectivity index (χ3n) is 3.68. The number of ether oxygens (including phenoxy) is 3. The fourth-order valence-electron chi connectivity index (χ4n) is 2.39. The van der Waals surface area contributed by atoms with Crippen molar-refractivity contribution in [2.45, 2.75) is 19.4 Å². The van der Waals surface area contributed by atoms with Crippen molar-refractivity contribution in [3.8, 4) is 11.5 Å². The summed E-state index contributed by atoms with van der Waals surface area (Å²) in [4.78, 5) is 14.5. The molecule has 1 fully saturated rings. The van der Waals surface area contributed by atoms with Gasteiger partial charge in [-0.2, -0.15) is 0 Å². The second-order valence-electron chi connectivity index (χ2n) is 4.94. The molecule has 1 saturated heterocycles. The molecule has 2 rings (SSSR count). The van der Waals surface area contributed by atoms with Crippen molar-refractivity contribution in [1.82, 2.24) is 4.90 Å². The molecule has 1 amide bonds. The zero-order valence-corrected chi connectivity index (χ0v) is 12.7. The molecule has 0 saturated carbocycles. The molecule has 1 unspecified atom stereocenters. The Balaban J connectivity index is 2.29. The number of nitrogens with two attached hydrogens (primary N) is 1. The van der Waals surface area contributed by atoms with Crippen LogP contribution in [-0.4, -0.2) is 50.8 Å². The molecule has 1 aromatic carbocycles. The minimum atomic E-state index is -0.119. The summed E-state index contributed by atoms with van der Waals surface area (Å²) in [5.74, 6) is 0.870. The molecule has 1 aliphatic heterocycles. The summed E-state index contributed by atoms with van der Waals surface area (Å²) in [5, 5.41) is 0. The zero-order chi connectivity index (χ0) is 15.4. The second kappa shape index (κ2) is 6.67. The summed E-state index contributed by atoms with van der Waals surface area (Å²) < 4.78 is 16.0. The van der Waals surface area contributed by atoms with Crippen molar-refractivity contribution >= 4 is 11.6 Å². The van der Waals surface area contributed by atoms with Crippen LogP contribution in [0.1, 0.15) is 23.7 Å². The molecule has 21 heavy (non-hydrogen) atoms. The molecule has 6 nitrogen and oxygen atoms in total. The Morgan fingerprint density at radius 2 is 2.19 bits per heavy atom. The van der Waals surface area contributed by atoms with E-state index in [0.717, 1.165) is 6.42 Å². The van der Waals surface area contributed by atoms with Crippen LogP contribution < -0.4 is 15.2 Å². The Labute approximate surface area is 124 Å². The lowest BCUT2D eigenvalue weighted by Gasteiger charge is -2.33. The van der Waals surface area contributed by atoms with Crippen molar-refractivity contribution in [2.24, 2.45) is 0 Å². The van der Waals surface area contributed by atoms with Crippen LogP contribution in [0.3, 0.4) is 0 Å². The smallest absolute Gasteiger partial charge is 0.256 e. The molecule has 0 aromatic heterocycles. The van der Waals surface area contributed by atoms with Gasteiger partial charge in [0.2, 0.25) is 0 Å². The maximum Gasteiger partial charge on any atom is 0.256 e. The number of morpholine rings is 1. The number of rotatable bonds is 4. The largest absolute Gasteiger partial charge is 0.497 e. The van der Waals surface area contributed by atoms with Gasteiger partial charge < -0.3 is 24.8 Å². The van der Waals surface area contributed by atoms with Crippen molar-refractivity contribution in [3.05, 3.63) is 17.7 Å². The number of anilines is 1. The third kappa shape index (κ3) is 3.21. The molecule has 1 heterocycles. The zero-order valence-electron chi connectivity index (χ0n) is 12.7. The average Bonchev–Trinajstić information content (AvgIpc) is 2.54. The first-order chi connectivity index (χ1) is 10.1. The van der Waals surface area contributed by atoms with Crippen LogP contribution in [0.15, 0.2) is 12.1 Å². The molecule has 2 N–H and O–H groups in total. The quantitative estimate of drug-likeness (QED) is 0.853. The standard InChI is InChI=1S/C15H22N2O4/c1-4-10-9-17(5-6-21-10)15(18)12-7-11(19-2)8-13(20-3)14(12)16/h7-8,10H,4-6,9,16H2,1-3H3. The normalized spacial score (nSPS) is 18.4. The van der Waals surface area contributed by atoms with Gasteiger partial charge >= 0.3 is 0 Å². The predicted octanol–water partition coefficient (Wildman–Crippen LogP) is 1.54.